The van der Waals surface area contributed by atoms with Crippen LogP contribution in [-0.2, 0) is 4.79 Å². The molecule has 78 valence electrons. The second kappa shape index (κ2) is 3.36. The van der Waals surface area contributed by atoms with E-state index in [1.54, 1.807) is 10.6 Å². The van der Waals surface area contributed by atoms with Crippen LogP contribution in [0, 0.1) is 6.92 Å². The van der Waals surface area contributed by atoms with Crippen LogP contribution in [0.5, 0.6) is 0 Å². The Labute approximate surface area is 86.1 Å². The lowest BCUT2D eigenvalue weighted by Crippen LogP contribution is -2.20. The quantitative estimate of drug-likeness (QED) is 0.757. The van der Waals surface area contributed by atoms with Gasteiger partial charge in [0.1, 0.15) is 6.04 Å². The largest absolute Gasteiger partial charge is 0.480 e. The maximum Gasteiger partial charge on any atom is 0.325 e. The molecule has 0 saturated heterocycles. The third kappa shape index (κ3) is 1.46. The number of nitrogens with two attached hydrogens (primary N) is 1. The number of pyridine rings is 1. The lowest BCUT2D eigenvalue weighted by molar-refractivity contribution is -0.138. The predicted molar refractivity (Wildman–Crippen MR) is 54.5 cm³/mol. The number of carbonyl (C=O) groups is 1. The maximum absolute atomic E-state index is 10.8. The van der Waals surface area contributed by atoms with E-state index in [2.05, 4.69) is 5.10 Å². The summed E-state index contributed by atoms with van der Waals surface area (Å²) in [5.41, 5.74) is 7.76. The first-order valence-electron chi connectivity index (χ1n) is 4.53. The molecule has 0 spiro atoms. The van der Waals surface area contributed by atoms with E-state index >= 15 is 0 Å². The lowest BCUT2D eigenvalue weighted by Gasteiger charge is -2.04. The van der Waals surface area contributed by atoms with Crippen molar-refractivity contribution in [2.45, 2.75) is 13.0 Å². The summed E-state index contributed by atoms with van der Waals surface area (Å²) in [5, 5.41) is 12.9. The molecular weight excluding hydrogens is 194 g/mol. The molecule has 0 aliphatic carbocycles. The van der Waals surface area contributed by atoms with E-state index in [4.69, 9.17) is 10.8 Å². The normalized spacial score (nSPS) is 12.9. The molecule has 0 aliphatic rings. The van der Waals surface area contributed by atoms with E-state index in [0.717, 1.165) is 11.2 Å². The topological polar surface area (TPSA) is 80.6 Å². The molecular formula is C10H11N3O2. The van der Waals surface area contributed by atoms with E-state index in [1.807, 2.05) is 19.1 Å². The molecule has 5 heteroatoms. The minimum Gasteiger partial charge on any atom is -0.480 e. The molecule has 1 unspecified atom stereocenters. The van der Waals surface area contributed by atoms with Gasteiger partial charge in [-0.05, 0) is 19.1 Å². The minimum atomic E-state index is -1.05. The molecule has 15 heavy (non-hydrogen) atoms. The van der Waals surface area contributed by atoms with Crippen molar-refractivity contribution >= 4 is 11.5 Å². The number of aromatic nitrogens is 2. The van der Waals surface area contributed by atoms with Crippen molar-refractivity contribution in [2.75, 3.05) is 0 Å². The standard InChI is InChI=1S/C10H11N3O2/c1-6-3-2-4-8-7(5-12-13(6)8)9(11)10(14)15/h2-5,9H,11H2,1H3,(H,14,15). The first-order valence-corrected chi connectivity index (χ1v) is 4.53. The van der Waals surface area contributed by atoms with Gasteiger partial charge in [0.15, 0.2) is 0 Å². The number of nitrogens with zero attached hydrogens (tertiary/aromatic N) is 2. The van der Waals surface area contributed by atoms with Crippen molar-refractivity contribution in [1.29, 1.82) is 0 Å². The number of hydrogen-bond acceptors (Lipinski definition) is 3. The first-order chi connectivity index (χ1) is 7.11. The number of aryl methyl sites for hydroxylation is 1. The van der Waals surface area contributed by atoms with Crippen molar-refractivity contribution in [2.24, 2.45) is 5.73 Å². The Balaban J connectivity index is 2.64. The highest BCUT2D eigenvalue weighted by atomic mass is 16.4. The Hall–Kier alpha value is -1.88. The van der Waals surface area contributed by atoms with Gasteiger partial charge in [-0.25, -0.2) is 4.52 Å². The summed E-state index contributed by atoms with van der Waals surface area (Å²) in [6, 6.07) is 4.53. The van der Waals surface area contributed by atoms with Crippen molar-refractivity contribution in [3.8, 4) is 0 Å². The van der Waals surface area contributed by atoms with Crippen LogP contribution in [-0.4, -0.2) is 20.7 Å². The predicted octanol–water partition coefficient (Wildman–Crippen LogP) is 0.727. The van der Waals surface area contributed by atoms with Crippen molar-refractivity contribution in [1.82, 2.24) is 9.61 Å². The fraction of sp³-hybridized carbons (Fsp3) is 0.200. The fourth-order valence-electron chi connectivity index (χ4n) is 1.54. The van der Waals surface area contributed by atoms with Crippen LogP contribution in [0.15, 0.2) is 24.4 Å². The SMILES string of the molecule is Cc1cccc2c(C(N)C(=O)O)cnn12. The van der Waals surface area contributed by atoms with Gasteiger partial charge in [-0.15, -0.1) is 0 Å². The number of aliphatic carboxylic acids is 1. The first kappa shape index (κ1) is 9.67. The molecule has 0 bridgehead atoms. The molecule has 0 saturated carbocycles. The average Bonchev–Trinajstić information content (AvgIpc) is 2.61. The van der Waals surface area contributed by atoms with Gasteiger partial charge in [0.2, 0.25) is 0 Å². The highest BCUT2D eigenvalue weighted by molar-refractivity contribution is 5.78. The average molecular weight is 205 g/mol. The Kier molecular flexibility index (Phi) is 2.17. The molecule has 3 N–H and O–H groups in total. The second-order valence-corrected chi connectivity index (χ2v) is 3.38. The smallest absolute Gasteiger partial charge is 0.325 e. The summed E-state index contributed by atoms with van der Waals surface area (Å²) in [4.78, 5) is 10.8. The van der Waals surface area contributed by atoms with Crippen molar-refractivity contribution < 1.29 is 9.90 Å². The Morgan fingerprint density at radius 3 is 3.00 bits per heavy atom. The van der Waals surface area contributed by atoms with Gasteiger partial charge >= 0.3 is 5.97 Å². The summed E-state index contributed by atoms with van der Waals surface area (Å²) in [5.74, 6) is -1.05. The van der Waals surface area contributed by atoms with Gasteiger partial charge in [0, 0.05) is 11.3 Å². The van der Waals surface area contributed by atoms with Crippen LogP contribution in [0.4, 0.5) is 0 Å². The molecule has 0 amide bonds. The van der Waals surface area contributed by atoms with E-state index in [9.17, 15) is 4.79 Å². The molecule has 2 aromatic rings. The Morgan fingerprint density at radius 2 is 2.33 bits per heavy atom. The number of carboxylic acids is 1. The van der Waals surface area contributed by atoms with E-state index < -0.39 is 12.0 Å². The van der Waals surface area contributed by atoms with Crippen molar-refractivity contribution in [3.05, 3.63) is 35.7 Å². The van der Waals surface area contributed by atoms with Gasteiger partial charge in [0.25, 0.3) is 0 Å². The monoisotopic (exact) mass is 205 g/mol. The highest BCUT2D eigenvalue weighted by Gasteiger charge is 2.18. The maximum atomic E-state index is 10.8. The zero-order valence-electron chi connectivity index (χ0n) is 8.21. The highest BCUT2D eigenvalue weighted by Crippen LogP contribution is 2.18. The number of carboxylic acid groups (broad SMARTS) is 1. The Bertz CT molecular complexity index is 518. The van der Waals surface area contributed by atoms with Crippen LogP contribution in [0.1, 0.15) is 17.3 Å². The lowest BCUT2D eigenvalue weighted by atomic mass is 10.1. The third-order valence-electron chi connectivity index (χ3n) is 2.36. The molecule has 1 atom stereocenters. The molecule has 0 radical (unpaired) electrons. The van der Waals surface area contributed by atoms with Gasteiger partial charge in [0.05, 0.1) is 11.7 Å². The van der Waals surface area contributed by atoms with Gasteiger partial charge in [-0.3, -0.25) is 4.79 Å². The Morgan fingerprint density at radius 1 is 1.60 bits per heavy atom. The second-order valence-electron chi connectivity index (χ2n) is 3.38. The summed E-state index contributed by atoms with van der Waals surface area (Å²) >= 11 is 0. The summed E-state index contributed by atoms with van der Waals surface area (Å²) in [6.07, 6.45) is 1.50. The summed E-state index contributed by atoms with van der Waals surface area (Å²) in [7, 11) is 0. The number of hydrogen-bond donors (Lipinski definition) is 2. The summed E-state index contributed by atoms with van der Waals surface area (Å²) in [6.45, 7) is 1.90. The van der Waals surface area contributed by atoms with Gasteiger partial charge in [-0.1, -0.05) is 6.07 Å². The molecule has 5 nitrogen and oxygen atoms in total. The summed E-state index contributed by atoms with van der Waals surface area (Å²) < 4.78 is 1.68. The van der Waals surface area contributed by atoms with E-state index in [1.165, 1.54) is 6.20 Å². The fourth-order valence-corrected chi connectivity index (χ4v) is 1.54. The molecule has 2 rings (SSSR count). The van der Waals surface area contributed by atoms with E-state index in [0.29, 0.717) is 5.56 Å². The van der Waals surface area contributed by atoms with Crippen LogP contribution in [0.2, 0.25) is 0 Å². The zero-order chi connectivity index (χ0) is 11.0. The number of fused-ring (bicyclic) bond motifs is 1. The zero-order valence-corrected chi connectivity index (χ0v) is 8.21. The minimum absolute atomic E-state index is 0.534. The van der Waals surface area contributed by atoms with Crippen LogP contribution in [0.25, 0.3) is 5.52 Å². The van der Waals surface area contributed by atoms with E-state index in [-0.39, 0.29) is 0 Å². The molecule has 0 aromatic carbocycles. The molecule has 0 fully saturated rings. The molecule has 2 aromatic heterocycles. The van der Waals surface area contributed by atoms with Crippen molar-refractivity contribution in [3.63, 3.8) is 0 Å². The van der Waals surface area contributed by atoms with Crippen LogP contribution >= 0.6 is 0 Å². The molecule has 0 aliphatic heterocycles. The third-order valence-corrected chi connectivity index (χ3v) is 2.36. The van der Waals surface area contributed by atoms with Crippen LogP contribution in [0.3, 0.4) is 0 Å². The van der Waals surface area contributed by atoms with Crippen LogP contribution < -0.4 is 5.73 Å². The molecule has 2 heterocycles. The van der Waals surface area contributed by atoms with Gasteiger partial charge < -0.3 is 10.8 Å². The van der Waals surface area contributed by atoms with Gasteiger partial charge in [-0.2, -0.15) is 5.10 Å². The number of rotatable bonds is 2.